The second kappa shape index (κ2) is 10.2. The van der Waals surface area contributed by atoms with Gasteiger partial charge in [-0.25, -0.2) is 0 Å². The van der Waals surface area contributed by atoms with Gasteiger partial charge in [-0.15, -0.1) is 0 Å². The van der Waals surface area contributed by atoms with Crippen molar-refractivity contribution in [2.45, 2.75) is 48.6 Å². The van der Waals surface area contributed by atoms with Gasteiger partial charge in [-0.3, -0.25) is 9.13 Å². The summed E-state index contributed by atoms with van der Waals surface area (Å²) in [5.74, 6) is 0. The third-order valence-corrected chi connectivity index (χ3v) is 6.09. The first kappa shape index (κ1) is 25.4. The van der Waals surface area contributed by atoms with Gasteiger partial charge in [-0.1, -0.05) is 6.10 Å². The highest BCUT2D eigenvalue weighted by Gasteiger charge is 2.45. The fourth-order valence-corrected chi connectivity index (χ4v) is 4.34. The quantitative estimate of drug-likeness (QED) is 0.248. The third kappa shape index (κ3) is 6.56. The summed E-state index contributed by atoms with van der Waals surface area (Å²) < 4.78 is 56.8. The topological polar surface area (TPSA) is 188 Å². The van der Waals surface area contributed by atoms with Crippen molar-refractivity contribution >= 4 is 31.3 Å². The summed E-state index contributed by atoms with van der Waals surface area (Å²) in [7, 11) is 3.12. The van der Waals surface area contributed by atoms with E-state index >= 15 is 0 Å². The molecule has 10 atom stereocenters. The monoisotopic (exact) mass is 455 g/mol. The summed E-state index contributed by atoms with van der Waals surface area (Å²) in [5, 5.41) is 21.9. The van der Waals surface area contributed by atoms with Gasteiger partial charge in [0.15, 0.2) is 0 Å². The van der Waals surface area contributed by atoms with Gasteiger partial charge in [0, 0.05) is 26.2 Å². The van der Waals surface area contributed by atoms with E-state index in [1.165, 1.54) is 7.11 Å². The number of phosphoric acid groups is 2. The molecule has 4 unspecified atom stereocenters. The van der Waals surface area contributed by atoms with E-state index in [2.05, 4.69) is 13.6 Å². The Morgan fingerprint density at radius 3 is 2.10 bits per heavy atom. The predicted molar refractivity (Wildman–Crippen MR) is 88.4 cm³/mol. The smallest absolute Gasteiger partial charge is 0.268 e. The lowest BCUT2D eigenvalue weighted by atomic mass is 9.93. The first-order valence-electron chi connectivity index (χ1n) is 8.25. The second-order valence-corrected chi connectivity index (χ2v) is 9.04. The highest BCUT2D eigenvalue weighted by atomic mass is 31.2. The minimum Gasteiger partial charge on any atom is -0.849 e. The van der Waals surface area contributed by atoms with E-state index in [1.54, 1.807) is 0 Å². The molecule has 0 bridgehead atoms. The molecule has 1 N–H and O–H groups in total. The standard InChI is InChI=1S/C12H21B2O13P2/c1-21-3-5-9(7(15)11(13)24-5)27-29(19,20)23-4-6-10(8(16)12(14)25-6)26-28(17,18)22-2/h5-12,16H,3-4H2,1-2H3,(H,17,18)(H,19,20)/q-1/p-2/t5-,6-,7?,8?,9+,10+,11-,12-/m1/s1. The molecular weight excluding hydrogens is 436 g/mol. The highest BCUT2D eigenvalue weighted by molar-refractivity contribution is 7.46. The van der Waals surface area contributed by atoms with Crippen molar-refractivity contribution in [3.8, 4) is 0 Å². The van der Waals surface area contributed by atoms with Crippen LogP contribution >= 0.6 is 15.6 Å². The van der Waals surface area contributed by atoms with Crippen LogP contribution in [0, 0.1) is 0 Å². The Hall–Kier alpha value is 0.150. The van der Waals surface area contributed by atoms with Crippen molar-refractivity contribution in [3.63, 3.8) is 0 Å². The molecule has 2 fully saturated rings. The van der Waals surface area contributed by atoms with Gasteiger partial charge in [0.25, 0.3) is 15.6 Å². The van der Waals surface area contributed by atoms with Crippen LogP contribution in [0.4, 0.5) is 0 Å². The Morgan fingerprint density at radius 1 is 0.966 bits per heavy atom. The molecule has 2 heterocycles. The molecule has 2 aliphatic heterocycles. The van der Waals surface area contributed by atoms with E-state index in [0.717, 1.165) is 7.11 Å². The normalized spacial score (nSPS) is 41.9. The van der Waals surface area contributed by atoms with Crippen LogP contribution in [0.3, 0.4) is 0 Å². The van der Waals surface area contributed by atoms with Crippen molar-refractivity contribution in [1.82, 2.24) is 0 Å². The maximum Gasteiger partial charge on any atom is 0.268 e. The molecular formula is C12H19B2O13P2-3. The molecule has 2 rings (SSSR count). The molecule has 0 aromatic rings. The van der Waals surface area contributed by atoms with Gasteiger partial charge < -0.3 is 52.3 Å². The number of aliphatic hydroxyl groups is 1. The summed E-state index contributed by atoms with van der Waals surface area (Å²) in [6, 6.07) is -2.69. The zero-order chi connectivity index (χ0) is 22.0. The molecule has 17 heteroatoms. The van der Waals surface area contributed by atoms with Crippen LogP contribution in [0.25, 0.3) is 0 Å². The van der Waals surface area contributed by atoms with Crippen LogP contribution < -0.4 is 14.9 Å². The fourth-order valence-electron chi connectivity index (χ4n) is 2.75. The Balaban J connectivity index is 2.00. The van der Waals surface area contributed by atoms with E-state index in [1.807, 2.05) is 0 Å². The second-order valence-electron chi connectivity index (χ2n) is 6.20. The highest BCUT2D eigenvalue weighted by Crippen LogP contribution is 2.45. The third-order valence-electron chi connectivity index (χ3n) is 4.17. The van der Waals surface area contributed by atoms with Gasteiger partial charge in [-0.05, 0) is 0 Å². The zero-order valence-electron chi connectivity index (χ0n) is 15.4. The van der Waals surface area contributed by atoms with Crippen LogP contribution in [0.5, 0.6) is 0 Å². The number of methoxy groups -OCH3 is 1. The number of phosphoric ester groups is 2. The molecule has 164 valence electrons. The number of aliphatic hydroxyl groups excluding tert-OH is 1. The SMILES string of the molecule is [B][C@@H]1O[C@H](COC)[C@H](OP(=O)([O-])OC[C@H]2O[C@@H]([B])C(O)[C@H]2OP(=O)([O-])OC)C1[O-]. The average Bonchev–Trinajstić information content (AvgIpc) is 3.05. The minimum atomic E-state index is -5.12. The van der Waals surface area contributed by atoms with Crippen LogP contribution in [0.15, 0.2) is 0 Å². The molecule has 29 heavy (non-hydrogen) atoms. The zero-order valence-corrected chi connectivity index (χ0v) is 17.2. The maximum atomic E-state index is 12.1. The van der Waals surface area contributed by atoms with Gasteiger partial charge in [0.1, 0.15) is 40.1 Å². The Kier molecular flexibility index (Phi) is 8.92. The van der Waals surface area contributed by atoms with Crippen molar-refractivity contribution in [3.05, 3.63) is 0 Å². The number of hydrogen-bond donors (Lipinski definition) is 1. The molecule has 0 amide bonds. The molecule has 4 radical (unpaired) electrons. The maximum absolute atomic E-state index is 12.1. The van der Waals surface area contributed by atoms with Crippen LogP contribution in [0.1, 0.15) is 0 Å². The summed E-state index contributed by atoms with van der Waals surface area (Å²) in [6.07, 6.45) is -8.94. The van der Waals surface area contributed by atoms with E-state index < -0.39 is 70.9 Å². The van der Waals surface area contributed by atoms with Crippen LogP contribution in [0.2, 0.25) is 0 Å². The number of ether oxygens (including phenoxy) is 3. The van der Waals surface area contributed by atoms with E-state index in [0.29, 0.717) is 0 Å². The number of rotatable bonds is 10. The van der Waals surface area contributed by atoms with Crippen LogP contribution in [-0.4, -0.2) is 96.9 Å². The molecule has 13 nitrogen and oxygen atoms in total. The Bertz CT molecular complexity index is 641. The van der Waals surface area contributed by atoms with Crippen molar-refractivity contribution in [2.24, 2.45) is 0 Å². The average molecular weight is 455 g/mol. The van der Waals surface area contributed by atoms with Crippen molar-refractivity contribution < 1.29 is 61.4 Å². The van der Waals surface area contributed by atoms with Gasteiger partial charge in [0.2, 0.25) is 0 Å². The van der Waals surface area contributed by atoms with Crippen LogP contribution in [-0.2, 0) is 41.4 Å². The fraction of sp³-hybridized carbons (Fsp3) is 1.00. The Labute approximate surface area is 169 Å². The largest absolute Gasteiger partial charge is 0.849 e. The van der Waals surface area contributed by atoms with E-state index in [4.69, 9.17) is 34.4 Å². The summed E-state index contributed by atoms with van der Waals surface area (Å²) in [4.78, 5) is 23.6. The lowest BCUT2D eigenvalue weighted by Gasteiger charge is -2.34. The first-order valence-corrected chi connectivity index (χ1v) is 11.2. The molecule has 0 saturated carbocycles. The summed E-state index contributed by atoms with van der Waals surface area (Å²) >= 11 is 0. The van der Waals surface area contributed by atoms with E-state index in [-0.39, 0.29) is 6.61 Å². The van der Waals surface area contributed by atoms with Crippen molar-refractivity contribution in [2.75, 3.05) is 27.4 Å². The minimum absolute atomic E-state index is 0.157. The molecule has 2 saturated heterocycles. The first-order chi connectivity index (χ1) is 13.4. The van der Waals surface area contributed by atoms with Gasteiger partial charge in [0.05, 0.1) is 19.3 Å². The lowest BCUT2D eigenvalue weighted by molar-refractivity contribution is -0.434. The molecule has 0 spiro atoms. The summed E-state index contributed by atoms with van der Waals surface area (Å²) in [6.45, 7) is -0.992. The lowest BCUT2D eigenvalue weighted by Crippen LogP contribution is -2.46. The molecule has 0 aromatic carbocycles. The van der Waals surface area contributed by atoms with Crippen molar-refractivity contribution in [1.29, 1.82) is 0 Å². The Morgan fingerprint density at radius 2 is 1.52 bits per heavy atom. The van der Waals surface area contributed by atoms with Gasteiger partial charge >= 0.3 is 0 Å². The van der Waals surface area contributed by atoms with Gasteiger partial charge in [-0.2, -0.15) is 0 Å². The molecule has 0 aliphatic carbocycles. The molecule has 2 aliphatic rings. The van der Waals surface area contributed by atoms with E-state index in [9.17, 15) is 29.1 Å². The molecule has 0 aromatic heterocycles. The number of hydrogen-bond acceptors (Lipinski definition) is 13. The predicted octanol–water partition coefficient (Wildman–Crippen LogP) is -4.12. The summed E-state index contributed by atoms with van der Waals surface area (Å²) in [5.41, 5.74) is 0.